The Morgan fingerprint density at radius 2 is 1.84 bits per heavy atom. The molecule has 0 heterocycles. The summed E-state index contributed by atoms with van der Waals surface area (Å²) in [6, 6.07) is 10.2. The van der Waals surface area contributed by atoms with Gasteiger partial charge in [0.25, 0.3) is 0 Å². The molecule has 0 bridgehead atoms. The Hall–Kier alpha value is -1.51. The van der Waals surface area contributed by atoms with Crippen LogP contribution in [0, 0.1) is 13.8 Å². The second kappa shape index (κ2) is 5.64. The fourth-order valence-electron chi connectivity index (χ4n) is 1.64. The van der Waals surface area contributed by atoms with E-state index in [-0.39, 0.29) is 5.02 Å². The summed E-state index contributed by atoms with van der Waals surface area (Å²) in [5.74, 6) is 0.0476. The highest BCUT2D eigenvalue weighted by molar-refractivity contribution is 6.36. The lowest BCUT2D eigenvalue weighted by Gasteiger charge is -2.10. The van der Waals surface area contributed by atoms with Crippen LogP contribution in [0.25, 0.3) is 0 Å². The van der Waals surface area contributed by atoms with Gasteiger partial charge in [0.2, 0.25) is 0 Å². The normalized spacial score (nSPS) is 10.3. The lowest BCUT2D eigenvalue weighted by molar-refractivity contribution is 0.0733. The van der Waals surface area contributed by atoms with Crippen LogP contribution in [0.3, 0.4) is 0 Å². The number of hydrogen-bond acceptors (Lipinski definition) is 2. The van der Waals surface area contributed by atoms with E-state index in [1.165, 1.54) is 6.07 Å². The van der Waals surface area contributed by atoms with Gasteiger partial charge in [0.1, 0.15) is 5.75 Å². The SMILES string of the molecule is Cc1cccc(OC(=O)c2ccc(Cl)cc2Cl)c1C. The molecular formula is C15H12Cl2O2. The number of hydrogen-bond donors (Lipinski definition) is 0. The van der Waals surface area contributed by atoms with Crippen LogP contribution in [0.15, 0.2) is 36.4 Å². The van der Waals surface area contributed by atoms with Crippen molar-refractivity contribution in [3.63, 3.8) is 0 Å². The van der Waals surface area contributed by atoms with E-state index < -0.39 is 5.97 Å². The summed E-state index contributed by atoms with van der Waals surface area (Å²) in [7, 11) is 0. The van der Waals surface area contributed by atoms with Crippen LogP contribution in [0.5, 0.6) is 5.75 Å². The molecule has 2 aromatic rings. The predicted molar refractivity (Wildman–Crippen MR) is 77.3 cm³/mol. The van der Waals surface area contributed by atoms with Crippen molar-refractivity contribution in [2.75, 3.05) is 0 Å². The Balaban J connectivity index is 2.28. The number of benzene rings is 2. The lowest BCUT2D eigenvalue weighted by Crippen LogP contribution is -2.10. The van der Waals surface area contributed by atoms with Crippen molar-refractivity contribution in [1.82, 2.24) is 0 Å². The molecular weight excluding hydrogens is 283 g/mol. The molecule has 0 unspecified atom stereocenters. The van der Waals surface area contributed by atoms with E-state index in [1.807, 2.05) is 26.0 Å². The van der Waals surface area contributed by atoms with Gasteiger partial charge in [0, 0.05) is 5.02 Å². The molecule has 0 spiro atoms. The number of rotatable bonds is 2. The Morgan fingerprint density at radius 1 is 1.11 bits per heavy atom. The van der Waals surface area contributed by atoms with Gasteiger partial charge < -0.3 is 4.74 Å². The molecule has 0 fully saturated rings. The molecule has 0 radical (unpaired) electrons. The van der Waals surface area contributed by atoms with Gasteiger partial charge in [0.05, 0.1) is 10.6 Å². The minimum atomic E-state index is -0.490. The van der Waals surface area contributed by atoms with Crippen molar-refractivity contribution in [3.8, 4) is 5.75 Å². The lowest BCUT2D eigenvalue weighted by atomic mass is 10.1. The van der Waals surface area contributed by atoms with Gasteiger partial charge in [-0.1, -0.05) is 35.3 Å². The molecule has 0 saturated carbocycles. The van der Waals surface area contributed by atoms with Crippen molar-refractivity contribution >= 4 is 29.2 Å². The highest BCUT2D eigenvalue weighted by Crippen LogP contribution is 2.25. The molecule has 0 aliphatic carbocycles. The largest absolute Gasteiger partial charge is 0.423 e. The number of carbonyl (C=O) groups excluding carboxylic acids is 1. The highest BCUT2D eigenvalue weighted by atomic mass is 35.5. The van der Waals surface area contributed by atoms with Gasteiger partial charge in [-0.05, 0) is 49.2 Å². The van der Waals surface area contributed by atoms with E-state index in [0.717, 1.165) is 11.1 Å². The summed E-state index contributed by atoms with van der Waals surface area (Å²) in [4.78, 5) is 12.1. The van der Waals surface area contributed by atoms with E-state index in [9.17, 15) is 4.79 Å². The average Bonchev–Trinajstić information content (AvgIpc) is 2.34. The van der Waals surface area contributed by atoms with Gasteiger partial charge >= 0.3 is 5.97 Å². The van der Waals surface area contributed by atoms with E-state index in [4.69, 9.17) is 27.9 Å². The van der Waals surface area contributed by atoms with E-state index in [2.05, 4.69) is 0 Å². The molecule has 0 atom stereocenters. The van der Waals surface area contributed by atoms with Crippen molar-refractivity contribution < 1.29 is 9.53 Å². The topological polar surface area (TPSA) is 26.3 Å². The van der Waals surface area contributed by atoms with Gasteiger partial charge in [-0.25, -0.2) is 4.79 Å². The fraction of sp³-hybridized carbons (Fsp3) is 0.133. The minimum absolute atomic E-state index is 0.280. The average molecular weight is 295 g/mol. The molecule has 0 saturated heterocycles. The number of ether oxygens (including phenoxy) is 1. The molecule has 2 aromatic carbocycles. The van der Waals surface area contributed by atoms with Gasteiger partial charge in [-0.15, -0.1) is 0 Å². The fourth-order valence-corrected chi connectivity index (χ4v) is 2.13. The van der Waals surface area contributed by atoms with E-state index >= 15 is 0 Å². The van der Waals surface area contributed by atoms with Crippen LogP contribution in [0.2, 0.25) is 10.0 Å². The van der Waals surface area contributed by atoms with Crippen LogP contribution in [-0.4, -0.2) is 5.97 Å². The van der Waals surface area contributed by atoms with Crippen molar-refractivity contribution in [3.05, 3.63) is 63.1 Å². The van der Waals surface area contributed by atoms with Crippen LogP contribution >= 0.6 is 23.2 Å². The standard InChI is InChI=1S/C15H12Cl2O2/c1-9-4-3-5-14(10(9)2)19-15(18)12-7-6-11(16)8-13(12)17/h3-8H,1-2H3. The second-order valence-corrected chi connectivity index (χ2v) is 5.06. The number of esters is 1. The van der Waals surface area contributed by atoms with Crippen LogP contribution in [0.4, 0.5) is 0 Å². The number of aryl methyl sites for hydroxylation is 1. The van der Waals surface area contributed by atoms with Crippen molar-refractivity contribution in [1.29, 1.82) is 0 Å². The minimum Gasteiger partial charge on any atom is -0.423 e. The molecule has 0 aliphatic rings. The third-order valence-corrected chi connectivity index (χ3v) is 3.46. The summed E-state index contributed by atoms with van der Waals surface area (Å²) in [5.41, 5.74) is 2.29. The smallest absolute Gasteiger partial charge is 0.345 e. The monoisotopic (exact) mass is 294 g/mol. The molecule has 4 heteroatoms. The summed E-state index contributed by atoms with van der Waals surface area (Å²) in [6.45, 7) is 3.86. The second-order valence-electron chi connectivity index (χ2n) is 4.21. The highest BCUT2D eigenvalue weighted by Gasteiger charge is 2.14. The summed E-state index contributed by atoms with van der Waals surface area (Å²) < 4.78 is 5.37. The predicted octanol–water partition coefficient (Wildman–Crippen LogP) is 4.83. The first-order valence-corrected chi connectivity index (χ1v) is 6.48. The zero-order chi connectivity index (χ0) is 14.0. The first-order chi connectivity index (χ1) is 8.99. The van der Waals surface area contributed by atoms with Gasteiger partial charge in [0.15, 0.2) is 0 Å². The summed E-state index contributed by atoms with van der Waals surface area (Å²) >= 11 is 11.8. The Labute approximate surface area is 121 Å². The van der Waals surface area contributed by atoms with Crippen molar-refractivity contribution in [2.24, 2.45) is 0 Å². The molecule has 2 rings (SSSR count). The van der Waals surface area contributed by atoms with E-state index in [0.29, 0.717) is 16.3 Å². The van der Waals surface area contributed by atoms with Crippen LogP contribution < -0.4 is 4.74 Å². The maximum Gasteiger partial charge on any atom is 0.345 e. The van der Waals surface area contributed by atoms with E-state index in [1.54, 1.807) is 18.2 Å². The number of carbonyl (C=O) groups is 1. The third-order valence-electron chi connectivity index (χ3n) is 2.91. The first kappa shape index (κ1) is 13.9. The first-order valence-electron chi connectivity index (χ1n) is 5.72. The zero-order valence-electron chi connectivity index (χ0n) is 10.5. The van der Waals surface area contributed by atoms with Crippen molar-refractivity contribution in [2.45, 2.75) is 13.8 Å². The molecule has 19 heavy (non-hydrogen) atoms. The maximum absolute atomic E-state index is 12.1. The summed E-state index contributed by atoms with van der Waals surface area (Å²) in [5, 5.41) is 0.760. The zero-order valence-corrected chi connectivity index (χ0v) is 12.0. The Morgan fingerprint density at radius 3 is 2.53 bits per heavy atom. The van der Waals surface area contributed by atoms with Gasteiger partial charge in [-0.3, -0.25) is 0 Å². The molecule has 98 valence electrons. The Bertz CT molecular complexity index is 636. The summed E-state index contributed by atoms with van der Waals surface area (Å²) in [6.07, 6.45) is 0. The van der Waals surface area contributed by atoms with Crippen LogP contribution in [-0.2, 0) is 0 Å². The molecule has 0 aliphatic heterocycles. The quantitative estimate of drug-likeness (QED) is 0.586. The number of halogens is 2. The third kappa shape index (κ3) is 3.09. The van der Waals surface area contributed by atoms with Crippen LogP contribution in [0.1, 0.15) is 21.5 Å². The molecule has 2 nitrogen and oxygen atoms in total. The molecule has 0 amide bonds. The molecule has 0 N–H and O–H groups in total. The maximum atomic E-state index is 12.1. The molecule has 0 aromatic heterocycles. The van der Waals surface area contributed by atoms with Gasteiger partial charge in [-0.2, -0.15) is 0 Å². The Kier molecular flexibility index (Phi) is 4.13.